The lowest BCUT2D eigenvalue weighted by Crippen LogP contribution is -3.23. The van der Waals surface area contributed by atoms with E-state index < -0.39 is 0 Å². The third-order valence-electron chi connectivity index (χ3n) is 3.45. The van der Waals surface area contributed by atoms with Crippen LogP contribution >= 0.6 is 0 Å². The Kier molecular flexibility index (Phi) is 2.96. The van der Waals surface area contributed by atoms with Crippen LogP contribution in [0.4, 0.5) is 0 Å². The second-order valence-electron chi connectivity index (χ2n) is 6.12. The SMILES string of the molecule is CN(C)C1CC(C)(C)[NH+]([O-])C(C)(C)C1. The molecule has 0 atom stereocenters. The molecule has 1 aliphatic heterocycles. The van der Waals surface area contributed by atoms with Crippen LogP contribution in [0.1, 0.15) is 40.5 Å². The molecule has 1 N–H and O–H groups in total. The summed E-state index contributed by atoms with van der Waals surface area (Å²) in [6.45, 7) is 8.30. The van der Waals surface area contributed by atoms with Crippen molar-refractivity contribution in [2.45, 2.75) is 57.7 Å². The zero-order valence-corrected chi connectivity index (χ0v) is 10.3. The fourth-order valence-corrected chi connectivity index (χ4v) is 2.72. The molecule has 1 rings (SSSR count). The van der Waals surface area contributed by atoms with Gasteiger partial charge in [0.05, 0.1) is 11.1 Å². The average molecular weight is 200 g/mol. The van der Waals surface area contributed by atoms with Gasteiger partial charge < -0.3 is 15.2 Å². The molecule has 84 valence electrons. The third kappa shape index (κ3) is 2.10. The van der Waals surface area contributed by atoms with E-state index >= 15 is 0 Å². The number of nitrogens with one attached hydrogen (secondary N) is 1. The summed E-state index contributed by atoms with van der Waals surface area (Å²) in [5.74, 6) is 0. The molecular weight excluding hydrogens is 176 g/mol. The van der Waals surface area contributed by atoms with Gasteiger partial charge in [-0.1, -0.05) is 0 Å². The van der Waals surface area contributed by atoms with Crippen molar-refractivity contribution in [3.05, 3.63) is 5.21 Å². The minimum atomic E-state index is -0.156. The second kappa shape index (κ2) is 3.47. The van der Waals surface area contributed by atoms with E-state index in [2.05, 4.69) is 46.7 Å². The van der Waals surface area contributed by atoms with Crippen LogP contribution in [0, 0.1) is 5.21 Å². The van der Waals surface area contributed by atoms with Crippen molar-refractivity contribution in [1.82, 2.24) is 4.90 Å². The first kappa shape index (κ1) is 12.0. The van der Waals surface area contributed by atoms with E-state index in [1.807, 2.05) is 0 Å². The number of rotatable bonds is 1. The van der Waals surface area contributed by atoms with Crippen molar-refractivity contribution in [3.8, 4) is 0 Å². The quantitative estimate of drug-likeness (QED) is 0.630. The maximum Gasteiger partial charge on any atom is 0.0936 e. The summed E-state index contributed by atoms with van der Waals surface area (Å²) in [7, 11) is 4.21. The fourth-order valence-electron chi connectivity index (χ4n) is 2.72. The molecule has 1 fully saturated rings. The average Bonchev–Trinajstić information content (AvgIpc) is 1.98. The second-order valence-corrected chi connectivity index (χ2v) is 6.12. The Bertz CT molecular complexity index is 193. The molecule has 14 heavy (non-hydrogen) atoms. The van der Waals surface area contributed by atoms with Gasteiger partial charge in [-0.25, -0.2) is 0 Å². The van der Waals surface area contributed by atoms with E-state index in [-0.39, 0.29) is 11.1 Å². The van der Waals surface area contributed by atoms with Crippen molar-refractivity contribution in [3.63, 3.8) is 0 Å². The predicted molar refractivity (Wildman–Crippen MR) is 59.2 cm³/mol. The highest BCUT2D eigenvalue weighted by atomic mass is 16.5. The minimum Gasteiger partial charge on any atom is -0.634 e. The number of nitrogens with zero attached hydrogens (tertiary/aromatic N) is 1. The van der Waals surface area contributed by atoms with Crippen LogP contribution in [0.5, 0.6) is 0 Å². The molecular formula is C11H24N2O. The first-order valence-corrected chi connectivity index (χ1v) is 5.38. The maximum absolute atomic E-state index is 12.1. The summed E-state index contributed by atoms with van der Waals surface area (Å²) in [5.41, 5.74) is -0.312. The summed E-state index contributed by atoms with van der Waals surface area (Å²) >= 11 is 0. The van der Waals surface area contributed by atoms with Gasteiger partial charge in [-0.05, 0) is 41.8 Å². The van der Waals surface area contributed by atoms with Crippen LogP contribution in [0.3, 0.4) is 0 Å². The molecule has 0 aliphatic carbocycles. The summed E-state index contributed by atoms with van der Waals surface area (Å²) in [6, 6.07) is 0.540. The van der Waals surface area contributed by atoms with E-state index in [1.165, 1.54) is 0 Å². The molecule has 0 unspecified atom stereocenters. The van der Waals surface area contributed by atoms with Gasteiger partial charge in [0.2, 0.25) is 0 Å². The lowest BCUT2D eigenvalue weighted by molar-refractivity contribution is -0.955. The van der Waals surface area contributed by atoms with Crippen molar-refractivity contribution in [2.75, 3.05) is 14.1 Å². The molecule has 0 radical (unpaired) electrons. The largest absolute Gasteiger partial charge is 0.634 e. The molecule has 0 aromatic rings. The van der Waals surface area contributed by atoms with E-state index in [4.69, 9.17) is 0 Å². The van der Waals surface area contributed by atoms with Gasteiger partial charge in [0.25, 0.3) is 0 Å². The maximum atomic E-state index is 12.1. The van der Waals surface area contributed by atoms with Crippen LogP contribution in [-0.4, -0.2) is 36.1 Å². The highest BCUT2D eigenvalue weighted by Gasteiger charge is 2.45. The minimum absolute atomic E-state index is 0.156. The van der Waals surface area contributed by atoms with Crippen LogP contribution in [0.2, 0.25) is 0 Å². The van der Waals surface area contributed by atoms with Crippen LogP contribution < -0.4 is 5.06 Å². The molecule has 0 saturated carbocycles. The van der Waals surface area contributed by atoms with E-state index in [1.54, 1.807) is 0 Å². The molecule has 0 spiro atoms. The van der Waals surface area contributed by atoms with Gasteiger partial charge in [0.1, 0.15) is 0 Å². The number of piperidine rings is 1. The van der Waals surface area contributed by atoms with E-state index in [9.17, 15) is 5.21 Å². The molecule has 1 aliphatic rings. The number of quaternary nitrogens is 1. The Hall–Kier alpha value is -0.120. The van der Waals surface area contributed by atoms with Crippen LogP contribution in [0.15, 0.2) is 0 Å². The molecule has 0 amide bonds. The molecule has 0 aromatic carbocycles. The Morgan fingerprint density at radius 2 is 1.43 bits per heavy atom. The highest BCUT2D eigenvalue weighted by molar-refractivity contribution is 4.89. The first-order chi connectivity index (χ1) is 6.17. The topological polar surface area (TPSA) is 30.7 Å². The van der Waals surface area contributed by atoms with Crippen LogP contribution in [0.25, 0.3) is 0 Å². The summed E-state index contributed by atoms with van der Waals surface area (Å²) in [4.78, 5) is 2.25. The third-order valence-corrected chi connectivity index (χ3v) is 3.45. The molecule has 1 heterocycles. The van der Waals surface area contributed by atoms with Gasteiger partial charge in [0, 0.05) is 18.9 Å². The number of hydrogen-bond donors (Lipinski definition) is 1. The van der Waals surface area contributed by atoms with Crippen molar-refractivity contribution >= 4 is 0 Å². The smallest absolute Gasteiger partial charge is 0.0936 e. The van der Waals surface area contributed by atoms with Crippen molar-refractivity contribution in [1.29, 1.82) is 0 Å². The van der Waals surface area contributed by atoms with E-state index in [0.717, 1.165) is 12.8 Å². The molecule has 1 saturated heterocycles. The molecule has 0 aromatic heterocycles. The van der Waals surface area contributed by atoms with Gasteiger partial charge in [-0.2, -0.15) is 0 Å². The predicted octanol–water partition coefficient (Wildman–Crippen LogP) is 0.650. The Labute approximate surface area is 87.7 Å². The number of hydrogen-bond acceptors (Lipinski definition) is 2. The van der Waals surface area contributed by atoms with Gasteiger partial charge in [-0.15, -0.1) is 0 Å². The summed E-state index contributed by atoms with van der Waals surface area (Å²) in [6.07, 6.45) is 1.98. The van der Waals surface area contributed by atoms with Crippen molar-refractivity contribution < 1.29 is 5.06 Å². The summed E-state index contributed by atoms with van der Waals surface area (Å²) in [5, 5.41) is 12.5. The normalized spacial score (nSPS) is 36.0. The van der Waals surface area contributed by atoms with E-state index in [0.29, 0.717) is 11.1 Å². The van der Waals surface area contributed by atoms with Gasteiger partial charge in [0.15, 0.2) is 0 Å². The number of hydroxylamine groups is 2. The van der Waals surface area contributed by atoms with Crippen molar-refractivity contribution in [2.24, 2.45) is 0 Å². The zero-order chi connectivity index (χ0) is 11.1. The summed E-state index contributed by atoms with van der Waals surface area (Å²) < 4.78 is 0. The lowest BCUT2D eigenvalue weighted by atomic mass is 9.78. The Morgan fingerprint density at radius 1 is 1.07 bits per heavy atom. The van der Waals surface area contributed by atoms with Crippen LogP contribution in [-0.2, 0) is 0 Å². The molecule has 3 nitrogen and oxygen atoms in total. The fraction of sp³-hybridized carbons (Fsp3) is 1.00. The molecule has 0 bridgehead atoms. The highest BCUT2D eigenvalue weighted by Crippen LogP contribution is 2.25. The lowest BCUT2D eigenvalue weighted by Gasteiger charge is -2.55. The molecule has 3 heteroatoms. The van der Waals surface area contributed by atoms with Gasteiger partial charge in [-0.3, -0.25) is 0 Å². The standard InChI is InChI=1S/C11H24N2O/c1-10(2)7-9(12(5)6)8-11(3,4)13(10)14/h9,13H,7-8H2,1-6H3. The Morgan fingerprint density at radius 3 is 1.71 bits per heavy atom. The first-order valence-electron chi connectivity index (χ1n) is 5.38. The monoisotopic (exact) mass is 200 g/mol. The zero-order valence-electron chi connectivity index (χ0n) is 10.3. The Balaban J connectivity index is 2.86. The van der Waals surface area contributed by atoms with Gasteiger partial charge >= 0.3 is 0 Å².